The Morgan fingerprint density at radius 3 is 2.43 bits per heavy atom. The van der Waals surface area contributed by atoms with E-state index in [1.807, 2.05) is 54.6 Å². The maximum absolute atomic E-state index is 12.5. The summed E-state index contributed by atoms with van der Waals surface area (Å²) in [6.45, 7) is 0.464. The second-order valence-corrected chi connectivity index (χ2v) is 7.60. The third kappa shape index (κ3) is 5.35. The van der Waals surface area contributed by atoms with E-state index in [1.54, 1.807) is 0 Å². The molecule has 0 aliphatic heterocycles. The Morgan fingerprint density at radius 1 is 1.04 bits per heavy atom. The van der Waals surface area contributed by atoms with Gasteiger partial charge in [0, 0.05) is 0 Å². The van der Waals surface area contributed by atoms with Gasteiger partial charge in [0.15, 0.2) is 0 Å². The summed E-state index contributed by atoms with van der Waals surface area (Å²) in [7, 11) is 1.39. The van der Waals surface area contributed by atoms with Gasteiger partial charge < -0.3 is 14.6 Å². The van der Waals surface area contributed by atoms with Gasteiger partial charge in [-0.15, -0.1) is 0 Å². The number of hydrogen-bond acceptors (Lipinski definition) is 4. The molecule has 0 heterocycles. The molecule has 1 aliphatic rings. The third-order valence-corrected chi connectivity index (χ3v) is 5.70. The minimum absolute atomic E-state index is 0.162. The van der Waals surface area contributed by atoms with Crippen LogP contribution in [-0.2, 0) is 22.6 Å². The van der Waals surface area contributed by atoms with Gasteiger partial charge in [-0.25, -0.2) is 0 Å². The Balaban J connectivity index is 1.73. The van der Waals surface area contributed by atoms with Gasteiger partial charge in [0.05, 0.1) is 19.1 Å². The number of para-hydroxylation sites is 1. The van der Waals surface area contributed by atoms with Gasteiger partial charge in [0.25, 0.3) is 0 Å². The van der Waals surface area contributed by atoms with Gasteiger partial charge in [-0.1, -0.05) is 67.8 Å². The Bertz CT molecular complexity index is 737. The van der Waals surface area contributed by atoms with Crippen molar-refractivity contribution in [2.24, 2.45) is 11.8 Å². The number of aliphatic hydroxyl groups is 1. The van der Waals surface area contributed by atoms with E-state index in [-0.39, 0.29) is 11.9 Å². The molecular formula is C24H30O4. The highest BCUT2D eigenvalue weighted by Crippen LogP contribution is 2.33. The molecule has 0 aromatic heterocycles. The maximum Gasteiger partial charge on any atom is 0.311 e. The summed E-state index contributed by atoms with van der Waals surface area (Å²) in [5.41, 5.74) is 2.01. The van der Waals surface area contributed by atoms with Crippen LogP contribution >= 0.6 is 0 Å². The summed E-state index contributed by atoms with van der Waals surface area (Å²) in [5.74, 6) is -0.0168. The normalized spacial score (nSPS) is 16.9. The fourth-order valence-corrected chi connectivity index (χ4v) is 4.08. The van der Waals surface area contributed by atoms with Crippen LogP contribution in [0.2, 0.25) is 0 Å². The molecule has 4 heteroatoms. The Labute approximate surface area is 167 Å². The van der Waals surface area contributed by atoms with Crippen molar-refractivity contribution in [1.82, 2.24) is 0 Å². The monoisotopic (exact) mass is 382 g/mol. The van der Waals surface area contributed by atoms with Crippen LogP contribution in [0, 0.1) is 11.8 Å². The molecule has 1 aliphatic carbocycles. The van der Waals surface area contributed by atoms with E-state index in [0.717, 1.165) is 42.6 Å². The third-order valence-electron chi connectivity index (χ3n) is 5.70. The topological polar surface area (TPSA) is 55.8 Å². The van der Waals surface area contributed by atoms with Crippen LogP contribution in [0.1, 0.15) is 43.2 Å². The zero-order valence-corrected chi connectivity index (χ0v) is 16.5. The molecule has 150 valence electrons. The van der Waals surface area contributed by atoms with Gasteiger partial charge in [-0.05, 0) is 42.4 Å². The molecule has 1 fully saturated rings. The number of aliphatic hydroxyl groups excluding tert-OH is 1. The van der Waals surface area contributed by atoms with Crippen LogP contribution in [-0.4, -0.2) is 24.3 Å². The van der Waals surface area contributed by atoms with Crippen LogP contribution in [0.25, 0.3) is 0 Å². The number of esters is 1. The fraction of sp³-hybridized carbons (Fsp3) is 0.458. The lowest BCUT2D eigenvalue weighted by Crippen LogP contribution is -2.37. The van der Waals surface area contributed by atoms with Gasteiger partial charge in [-0.2, -0.15) is 0 Å². The Kier molecular flexibility index (Phi) is 7.49. The molecule has 2 aromatic carbocycles. The van der Waals surface area contributed by atoms with Crippen molar-refractivity contribution in [3.63, 3.8) is 0 Å². The highest BCUT2D eigenvalue weighted by atomic mass is 16.5. The van der Waals surface area contributed by atoms with E-state index in [0.29, 0.717) is 13.0 Å². The lowest BCUT2D eigenvalue weighted by molar-refractivity contribution is -0.151. The molecule has 28 heavy (non-hydrogen) atoms. The average molecular weight is 383 g/mol. The highest BCUT2D eigenvalue weighted by Gasteiger charge is 2.34. The predicted molar refractivity (Wildman–Crippen MR) is 109 cm³/mol. The molecular weight excluding hydrogens is 352 g/mol. The zero-order chi connectivity index (χ0) is 19.8. The Hall–Kier alpha value is -2.33. The van der Waals surface area contributed by atoms with Crippen LogP contribution < -0.4 is 4.74 Å². The predicted octanol–water partition coefficient (Wildman–Crippen LogP) is 4.54. The molecule has 0 bridgehead atoms. The average Bonchev–Trinajstić information content (AvgIpc) is 2.77. The molecule has 0 amide bonds. The van der Waals surface area contributed by atoms with Gasteiger partial charge in [-0.3, -0.25) is 4.79 Å². The SMILES string of the molecule is COC(=O)C(Cc1ccccc1OCc1ccccc1)C(O)C1CCCCC1. The van der Waals surface area contributed by atoms with E-state index in [4.69, 9.17) is 9.47 Å². The van der Waals surface area contributed by atoms with Gasteiger partial charge >= 0.3 is 5.97 Å². The molecule has 0 saturated heterocycles. The van der Waals surface area contributed by atoms with E-state index in [1.165, 1.54) is 13.5 Å². The molecule has 1 saturated carbocycles. The van der Waals surface area contributed by atoms with Gasteiger partial charge in [0.1, 0.15) is 12.4 Å². The first-order valence-corrected chi connectivity index (χ1v) is 10.2. The number of carbonyl (C=O) groups excluding carboxylic acids is 1. The van der Waals surface area contributed by atoms with Crippen molar-refractivity contribution in [1.29, 1.82) is 0 Å². The Morgan fingerprint density at radius 2 is 1.71 bits per heavy atom. The number of carbonyl (C=O) groups is 1. The van der Waals surface area contributed by atoms with Crippen molar-refractivity contribution in [2.45, 2.75) is 51.2 Å². The molecule has 0 radical (unpaired) electrons. The molecule has 1 N–H and O–H groups in total. The molecule has 3 rings (SSSR count). The van der Waals surface area contributed by atoms with Crippen LogP contribution in [0.3, 0.4) is 0 Å². The summed E-state index contributed by atoms with van der Waals surface area (Å²) >= 11 is 0. The lowest BCUT2D eigenvalue weighted by atomic mass is 9.78. The van der Waals surface area contributed by atoms with E-state index in [2.05, 4.69) is 0 Å². The molecule has 4 nitrogen and oxygen atoms in total. The summed E-state index contributed by atoms with van der Waals surface area (Å²) in [4.78, 5) is 12.5. The number of hydrogen-bond donors (Lipinski definition) is 1. The fourth-order valence-electron chi connectivity index (χ4n) is 4.08. The number of ether oxygens (including phenoxy) is 2. The summed E-state index contributed by atoms with van der Waals surface area (Å²) in [6, 6.07) is 17.7. The van der Waals surface area contributed by atoms with Crippen molar-refractivity contribution in [3.05, 3.63) is 65.7 Å². The number of methoxy groups -OCH3 is 1. The van der Waals surface area contributed by atoms with Crippen molar-refractivity contribution >= 4 is 5.97 Å². The van der Waals surface area contributed by atoms with Crippen molar-refractivity contribution < 1.29 is 19.4 Å². The highest BCUT2D eigenvalue weighted by molar-refractivity contribution is 5.73. The lowest BCUT2D eigenvalue weighted by Gasteiger charge is -2.31. The van der Waals surface area contributed by atoms with Crippen molar-refractivity contribution in [3.8, 4) is 5.75 Å². The number of rotatable bonds is 8. The molecule has 2 unspecified atom stereocenters. The summed E-state index contributed by atoms with van der Waals surface area (Å²) < 4.78 is 11.1. The molecule has 2 aromatic rings. The van der Waals surface area contributed by atoms with Crippen LogP contribution in [0.4, 0.5) is 0 Å². The van der Waals surface area contributed by atoms with Crippen LogP contribution in [0.15, 0.2) is 54.6 Å². The van der Waals surface area contributed by atoms with Crippen LogP contribution in [0.5, 0.6) is 5.75 Å². The van der Waals surface area contributed by atoms with E-state index < -0.39 is 12.0 Å². The first-order valence-electron chi connectivity index (χ1n) is 10.2. The van der Waals surface area contributed by atoms with Gasteiger partial charge in [0.2, 0.25) is 0 Å². The summed E-state index contributed by atoms with van der Waals surface area (Å²) in [5, 5.41) is 11.0. The largest absolute Gasteiger partial charge is 0.489 e. The number of benzene rings is 2. The minimum Gasteiger partial charge on any atom is -0.489 e. The molecule has 2 atom stereocenters. The first kappa shape index (κ1) is 20.4. The quantitative estimate of drug-likeness (QED) is 0.681. The molecule has 0 spiro atoms. The smallest absolute Gasteiger partial charge is 0.311 e. The standard InChI is InChI=1S/C24H30O4/c1-27-24(26)21(23(25)19-12-6-3-7-13-19)16-20-14-8-9-15-22(20)28-17-18-10-4-2-5-11-18/h2,4-5,8-11,14-15,19,21,23,25H,3,6-7,12-13,16-17H2,1H3. The minimum atomic E-state index is -0.685. The second-order valence-electron chi connectivity index (χ2n) is 7.60. The first-order chi connectivity index (χ1) is 13.7. The zero-order valence-electron chi connectivity index (χ0n) is 16.5. The second kappa shape index (κ2) is 10.3. The maximum atomic E-state index is 12.5. The van der Waals surface area contributed by atoms with E-state index in [9.17, 15) is 9.90 Å². The summed E-state index contributed by atoms with van der Waals surface area (Å²) in [6.07, 6.45) is 5.12. The van der Waals surface area contributed by atoms with E-state index >= 15 is 0 Å². The van der Waals surface area contributed by atoms with Crippen molar-refractivity contribution in [2.75, 3.05) is 7.11 Å².